The number of aromatic nitrogens is 2. The number of fused-ring (bicyclic) bond motifs is 1. The largest absolute Gasteiger partial charge is 0.312 e. The second kappa shape index (κ2) is 8.02. The summed E-state index contributed by atoms with van der Waals surface area (Å²) in [4.78, 5) is 22.8. The molecule has 1 aliphatic rings. The van der Waals surface area contributed by atoms with Crippen LogP contribution in [0.15, 0.2) is 53.0 Å². The molecule has 0 radical (unpaired) electrons. The Morgan fingerprint density at radius 2 is 2.17 bits per heavy atom. The minimum atomic E-state index is -3.66. The molecule has 4 rings (SSSR count). The van der Waals surface area contributed by atoms with Gasteiger partial charge in [-0.2, -0.15) is 0 Å². The topological polar surface area (TPSA) is 92.3 Å². The molecule has 0 spiro atoms. The van der Waals surface area contributed by atoms with Gasteiger partial charge in [-0.3, -0.25) is 9.78 Å². The first-order chi connectivity index (χ1) is 13.9. The highest BCUT2D eigenvalue weighted by Gasteiger charge is 2.25. The van der Waals surface area contributed by atoms with Gasteiger partial charge in [0.1, 0.15) is 4.90 Å². The van der Waals surface area contributed by atoms with Crippen LogP contribution in [0.3, 0.4) is 0 Å². The fraction of sp³-hybridized carbons (Fsp3) is 0.250. The van der Waals surface area contributed by atoms with Gasteiger partial charge in [0.05, 0.1) is 10.7 Å². The van der Waals surface area contributed by atoms with Gasteiger partial charge in [-0.15, -0.1) is 11.3 Å². The molecule has 29 heavy (non-hydrogen) atoms. The van der Waals surface area contributed by atoms with Crippen LogP contribution in [0.5, 0.6) is 0 Å². The van der Waals surface area contributed by atoms with Gasteiger partial charge >= 0.3 is 0 Å². The van der Waals surface area contributed by atoms with Crippen molar-refractivity contribution in [1.82, 2.24) is 14.7 Å². The predicted molar refractivity (Wildman–Crippen MR) is 112 cm³/mol. The minimum absolute atomic E-state index is 0.0398. The molecule has 0 unspecified atom stereocenters. The van der Waals surface area contributed by atoms with E-state index in [1.807, 2.05) is 24.4 Å². The van der Waals surface area contributed by atoms with Gasteiger partial charge in [0.15, 0.2) is 0 Å². The maximum Gasteiger partial charge on any atom is 0.242 e. The first-order valence-electron chi connectivity index (χ1n) is 9.19. The molecule has 0 bridgehead atoms. The molecule has 3 aromatic rings. The predicted octanol–water partition coefficient (Wildman–Crippen LogP) is 2.77. The third-order valence-electron chi connectivity index (χ3n) is 4.77. The molecule has 0 fully saturated rings. The molecule has 9 heteroatoms. The Balaban J connectivity index is 1.40. The molecule has 0 aliphatic carbocycles. The van der Waals surface area contributed by atoms with Crippen LogP contribution in [0.2, 0.25) is 0 Å². The van der Waals surface area contributed by atoms with E-state index in [0.717, 1.165) is 33.9 Å². The number of thiazole rings is 1. The van der Waals surface area contributed by atoms with E-state index in [9.17, 15) is 13.2 Å². The van der Waals surface area contributed by atoms with Gasteiger partial charge in [-0.05, 0) is 43.2 Å². The van der Waals surface area contributed by atoms with Crippen molar-refractivity contribution in [1.29, 1.82) is 0 Å². The third-order valence-corrected chi connectivity index (χ3v) is 6.99. The average Bonchev–Trinajstić information content (AvgIpc) is 3.34. The van der Waals surface area contributed by atoms with Crippen LogP contribution in [-0.2, 0) is 21.2 Å². The zero-order valence-electron chi connectivity index (χ0n) is 15.8. The number of benzene rings is 1. The Labute approximate surface area is 173 Å². The quantitative estimate of drug-likeness (QED) is 0.652. The molecule has 0 saturated carbocycles. The van der Waals surface area contributed by atoms with Crippen LogP contribution in [-0.4, -0.2) is 37.4 Å². The van der Waals surface area contributed by atoms with E-state index in [4.69, 9.17) is 0 Å². The molecule has 1 aliphatic heterocycles. The lowest BCUT2D eigenvalue weighted by molar-refractivity contribution is -0.118. The number of hydrogen-bond acceptors (Lipinski definition) is 6. The summed E-state index contributed by atoms with van der Waals surface area (Å²) in [7, 11) is -3.66. The van der Waals surface area contributed by atoms with Gasteiger partial charge in [-0.1, -0.05) is 6.07 Å². The van der Waals surface area contributed by atoms with Crippen molar-refractivity contribution >= 4 is 33.0 Å². The van der Waals surface area contributed by atoms with Gasteiger partial charge in [0.2, 0.25) is 15.9 Å². The summed E-state index contributed by atoms with van der Waals surface area (Å²) in [6.07, 6.45) is 3.65. The number of hydrogen-bond donors (Lipinski definition) is 1. The van der Waals surface area contributed by atoms with Crippen LogP contribution in [0.4, 0.5) is 5.69 Å². The van der Waals surface area contributed by atoms with E-state index in [-0.39, 0.29) is 23.8 Å². The van der Waals surface area contributed by atoms with Crippen LogP contribution in [0.25, 0.3) is 11.3 Å². The second-order valence-corrected chi connectivity index (χ2v) is 9.56. The molecule has 1 aromatic carbocycles. The van der Waals surface area contributed by atoms with Crippen molar-refractivity contribution in [2.75, 3.05) is 18.0 Å². The summed E-state index contributed by atoms with van der Waals surface area (Å²) in [5.74, 6) is -0.102. The lowest BCUT2D eigenvalue weighted by Gasteiger charge is -2.17. The minimum Gasteiger partial charge on any atom is -0.312 e. The van der Waals surface area contributed by atoms with E-state index < -0.39 is 10.0 Å². The summed E-state index contributed by atoms with van der Waals surface area (Å²) in [5, 5.41) is 3.05. The van der Waals surface area contributed by atoms with Crippen LogP contribution >= 0.6 is 11.3 Å². The zero-order valence-corrected chi connectivity index (χ0v) is 17.5. The Bertz CT molecular complexity index is 1140. The first-order valence-corrected chi connectivity index (χ1v) is 11.6. The van der Waals surface area contributed by atoms with Crippen molar-refractivity contribution in [2.24, 2.45) is 0 Å². The molecule has 150 valence electrons. The van der Waals surface area contributed by atoms with Crippen molar-refractivity contribution in [3.8, 4) is 11.3 Å². The molecule has 0 saturated heterocycles. The lowest BCUT2D eigenvalue weighted by atomic mass is 10.1. The smallest absolute Gasteiger partial charge is 0.242 e. The van der Waals surface area contributed by atoms with E-state index >= 15 is 0 Å². The van der Waals surface area contributed by atoms with Crippen molar-refractivity contribution < 1.29 is 13.2 Å². The van der Waals surface area contributed by atoms with E-state index in [2.05, 4.69) is 20.8 Å². The maximum atomic E-state index is 12.7. The lowest BCUT2D eigenvalue weighted by Crippen LogP contribution is -2.33. The molecule has 3 heterocycles. The summed E-state index contributed by atoms with van der Waals surface area (Å²) in [5.41, 5.74) is 4.00. The Morgan fingerprint density at radius 3 is 2.90 bits per heavy atom. The molecule has 0 atom stereocenters. The van der Waals surface area contributed by atoms with Crippen LogP contribution in [0.1, 0.15) is 17.0 Å². The molecule has 1 amide bonds. The normalized spacial score (nSPS) is 13.5. The third kappa shape index (κ3) is 4.21. The molecule has 1 N–H and O–H groups in total. The number of carbonyl (C=O) groups excluding carboxylic acids is 1. The number of sulfonamides is 1. The Morgan fingerprint density at radius 1 is 1.31 bits per heavy atom. The molecule has 7 nitrogen and oxygen atoms in total. The highest BCUT2D eigenvalue weighted by Crippen LogP contribution is 2.33. The fourth-order valence-corrected chi connectivity index (χ4v) is 4.95. The first kappa shape index (κ1) is 19.7. The zero-order chi connectivity index (χ0) is 20.4. The van der Waals surface area contributed by atoms with Crippen LogP contribution < -0.4 is 9.62 Å². The molecular weight excluding hydrogens is 408 g/mol. The fourth-order valence-electron chi connectivity index (χ4n) is 3.33. The second-order valence-electron chi connectivity index (χ2n) is 6.73. The van der Waals surface area contributed by atoms with E-state index in [0.29, 0.717) is 6.54 Å². The molecule has 2 aromatic heterocycles. The summed E-state index contributed by atoms with van der Waals surface area (Å²) in [6.45, 7) is 2.62. The van der Waals surface area contributed by atoms with Gasteiger partial charge in [0, 0.05) is 48.5 Å². The highest BCUT2D eigenvalue weighted by molar-refractivity contribution is 7.89. The summed E-state index contributed by atoms with van der Waals surface area (Å²) in [6, 6.07) is 9.04. The average molecular weight is 429 g/mol. The Hall–Kier alpha value is -2.62. The van der Waals surface area contributed by atoms with E-state index in [1.54, 1.807) is 22.3 Å². The number of nitrogens with zero attached hydrogens (tertiary/aromatic N) is 3. The number of aryl methyl sites for hydroxylation is 1. The number of carbonyl (C=O) groups is 1. The van der Waals surface area contributed by atoms with Crippen molar-refractivity contribution in [2.45, 2.75) is 24.7 Å². The van der Waals surface area contributed by atoms with Crippen molar-refractivity contribution in [3.05, 3.63) is 58.7 Å². The Kier molecular flexibility index (Phi) is 5.44. The number of nitrogens with one attached hydrogen (secondary N) is 1. The number of pyridine rings is 1. The highest BCUT2D eigenvalue weighted by atomic mass is 32.2. The van der Waals surface area contributed by atoms with Gasteiger partial charge < -0.3 is 4.90 Å². The molecular formula is C20H20N4O3S2. The maximum absolute atomic E-state index is 12.7. The number of rotatable bonds is 6. The monoisotopic (exact) mass is 428 g/mol. The SMILES string of the molecule is Cc1nc(-c2ccc3c(c2)CCN3C(=O)CCNS(=O)(=O)c2cccnc2)cs1. The van der Waals surface area contributed by atoms with Gasteiger partial charge in [0.25, 0.3) is 0 Å². The number of anilines is 1. The summed E-state index contributed by atoms with van der Waals surface area (Å²) >= 11 is 1.61. The van der Waals surface area contributed by atoms with Gasteiger partial charge in [-0.25, -0.2) is 18.1 Å². The summed E-state index contributed by atoms with van der Waals surface area (Å²) < 4.78 is 26.9. The van der Waals surface area contributed by atoms with E-state index in [1.165, 1.54) is 18.5 Å². The number of amides is 1. The standard InChI is InChI=1S/C20H20N4O3S2/c1-14-23-18(13-28-14)15-4-5-19-16(11-15)7-10-24(19)20(25)6-9-22-29(26,27)17-3-2-8-21-12-17/h2-5,8,11-13,22H,6-7,9-10H2,1H3. The van der Waals surface area contributed by atoms with Crippen LogP contribution in [0, 0.1) is 6.92 Å². The van der Waals surface area contributed by atoms with Crippen molar-refractivity contribution in [3.63, 3.8) is 0 Å².